The number of aliphatic carboxylic acids is 1. The Bertz CT molecular complexity index is 1210. The molecule has 3 rings (SSSR count). The largest absolute Gasteiger partial charge is 0.481 e. The zero-order valence-electron chi connectivity index (χ0n) is 19.0. The molecule has 2 heterocycles. The van der Waals surface area contributed by atoms with Gasteiger partial charge in [0.15, 0.2) is 5.76 Å². The topological polar surface area (TPSA) is 183 Å². The number of para-hydroxylation sites is 2. The highest BCUT2D eigenvalue weighted by atomic mass is 16.4. The lowest BCUT2D eigenvalue weighted by molar-refractivity contribution is -0.139. The molecule has 13 nitrogen and oxygen atoms in total. The highest BCUT2D eigenvalue weighted by molar-refractivity contribution is 6.42. The number of carboxylic acid groups (broad SMARTS) is 1. The first-order valence-corrected chi connectivity index (χ1v) is 10.7. The van der Waals surface area contributed by atoms with Gasteiger partial charge in [-0.25, -0.2) is 0 Å². The van der Waals surface area contributed by atoms with Crippen molar-refractivity contribution in [3.8, 4) is 0 Å². The summed E-state index contributed by atoms with van der Waals surface area (Å²) in [4.78, 5) is 87.7. The van der Waals surface area contributed by atoms with E-state index in [4.69, 9.17) is 9.52 Å². The summed E-state index contributed by atoms with van der Waals surface area (Å²) in [6.07, 6.45) is 0.791. The van der Waals surface area contributed by atoms with Gasteiger partial charge < -0.3 is 29.9 Å². The molecule has 36 heavy (non-hydrogen) atoms. The molecule has 0 saturated heterocycles. The molecule has 1 aliphatic heterocycles. The molecule has 1 aromatic carbocycles. The Labute approximate surface area is 204 Å². The van der Waals surface area contributed by atoms with Crippen LogP contribution in [-0.2, 0) is 28.8 Å². The van der Waals surface area contributed by atoms with Gasteiger partial charge in [0, 0.05) is 6.92 Å². The van der Waals surface area contributed by atoms with Crippen LogP contribution in [0.5, 0.6) is 0 Å². The van der Waals surface area contributed by atoms with Gasteiger partial charge in [-0.05, 0) is 24.3 Å². The predicted octanol–water partition coefficient (Wildman–Crippen LogP) is -0.495. The van der Waals surface area contributed by atoms with Crippen molar-refractivity contribution in [3.63, 3.8) is 0 Å². The van der Waals surface area contributed by atoms with Crippen molar-refractivity contribution in [1.29, 1.82) is 0 Å². The molecule has 2 unspecified atom stereocenters. The van der Waals surface area contributed by atoms with E-state index in [9.17, 15) is 33.6 Å². The SMILES string of the molecule is CC(=O)N1CC(NC(=O)C(=O)c2ccco2)C(=O)N(CC(=O)NC(C=O)CC(=O)O)c2ccccc21. The van der Waals surface area contributed by atoms with Crippen molar-refractivity contribution < 1.29 is 43.1 Å². The molecule has 1 aliphatic rings. The molecular formula is C23H22N4O9. The number of nitrogens with zero attached hydrogens (tertiary/aromatic N) is 2. The molecule has 3 N–H and O–H groups in total. The van der Waals surface area contributed by atoms with Crippen LogP contribution in [-0.4, -0.2) is 71.9 Å². The Morgan fingerprint density at radius 3 is 2.42 bits per heavy atom. The molecule has 2 atom stereocenters. The first-order chi connectivity index (χ1) is 17.1. The van der Waals surface area contributed by atoms with Crippen LogP contribution >= 0.6 is 0 Å². The Hall–Kier alpha value is -4.81. The van der Waals surface area contributed by atoms with Gasteiger partial charge in [-0.3, -0.25) is 33.7 Å². The monoisotopic (exact) mass is 498 g/mol. The van der Waals surface area contributed by atoms with E-state index in [0.717, 1.165) is 4.90 Å². The number of benzene rings is 1. The Kier molecular flexibility index (Phi) is 7.94. The number of carboxylic acids is 1. The molecule has 4 amide bonds. The molecule has 188 valence electrons. The number of ketones is 1. The number of hydrogen-bond donors (Lipinski definition) is 3. The fraction of sp³-hybridized carbons (Fsp3) is 0.261. The molecule has 2 aromatic rings. The van der Waals surface area contributed by atoms with Gasteiger partial charge in [0.25, 0.3) is 17.6 Å². The van der Waals surface area contributed by atoms with Gasteiger partial charge in [0.2, 0.25) is 11.8 Å². The Balaban J connectivity index is 1.92. The summed E-state index contributed by atoms with van der Waals surface area (Å²) >= 11 is 0. The smallest absolute Gasteiger partial charge is 0.305 e. The predicted molar refractivity (Wildman–Crippen MR) is 122 cm³/mol. The van der Waals surface area contributed by atoms with E-state index in [0.29, 0.717) is 0 Å². The second-order valence-corrected chi connectivity index (χ2v) is 7.78. The van der Waals surface area contributed by atoms with E-state index >= 15 is 0 Å². The standard InChI is InChI=1S/C23H22N4O9/c1-13(29)26-10-15(25-22(34)21(33)18-7-4-8-36-18)23(35)27(17-6-3-2-5-16(17)26)11-19(30)24-14(12-28)9-20(31)32/h2-8,12,14-15H,9-11H2,1H3,(H,24,30)(H,25,34)(H,31,32). The summed E-state index contributed by atoms with van der Waals surface area (Å²) in [5, 5.41) is 13.4. The van der Waals surface area contributed by atoms with Gasteiger partial charge in [0.1, 0.15) is 18.9 Å². The minimum atomic E-state index is -1.43. The zero-order valence-corrected chi connectivity index (χ0v) is 19.0. The first-order valence-electron chi connectivity index (χ1n) is 10.7. The number of Topliss-reactive ketones (excluding diaryl/α,β-unsaturated/α-hetero) is 1. The second kappa shape index (κ2) is 11.1. The molecule has 0 spiro atoms. The number of furan rings is 1. The molecule has 0 radical (unpaired) electrons. The molecule has 0 bridgehead atoms. The average Bonchev–Trinajstić information content (AvgIpc) is 3.35. The molecule has 13 heteroatoms. The van der Waals surface area contributed by atoms with Crippen LogP contribution in [0.15, 0.2) is 47.1 Å². The molecular weight excluding hydrogens is 476 g/mol. The Morgan fingerprint density at radius 1 is 1.14 bits per heavy atom. The minimum absolute atomic E-state index is 0.155. The normalized spacial score (nSPS) is 15.8. The number of anilines is 2. The summed E-state index contributed by atoms with van der Waals surface area (Å²) in [6, 6.07) is 6.09. The van der Waals surface area contributed by atoms with Crippen LogP contribution in [0.2, 0.25) is 0 Å². The summed E-state index contributed by atoms with van der Waals surface area (Å²) in [5.41, 5.74) is 0.417. The van der Waals surface area contributed by atoms with Crippen molar-refractivity contribution in [1.82, 2.24) is 10.6 Å². The molecule has 0 aliphatic carbocycles. The summed E-state index contributed by atoms with van der Waals surface area (Å²) < 4.78 is 4.92. The van der Waals surface area contributed by atoms with Crippen molar-refractivity contribution in [3.05, 3.63) is 48.4 Å². The number of nitrogens with one attached hydrogen (secondary N) is 2. The molecule has 1 aromatic heterocycles. The zero-order chi connectivity index (χ0) is 26.4. The van der Waals surface area contributed by atoms with Gasteiger partial charge >= 0.3 is 5.97 Å². The maximum absolute atomic E-state index is 13.5. The van der Waals surface area contributed by atoms with Crippen LogP contribution < -0.4 is 20.4 Å². The fourth-order valence-electron chi connectivity index (χ4n) is 3.62. The van der Waals surface area contributed by atoms with Crippen LogP contribution in [0.1, 0.15) is 23.9 Å². The number of carbonyl (C=O) groups excluding carboxylic acids is 6. The maximum atomic E-state index is 13.5. The van der Waals surface area contributed by atoms with Crippen molar-refractivity contribution >= 4 is 53.0 Å². The van der Waals surface area contributed by atoms with Crippen molar-refractivity contribution in [2.75, 3.05) is 22.9 Å². The van der Waals surface area contributed by atoms with Crippen molar-refractivity contribution in [2.45, 2.75) is 25.4 Å². The third-order valence-corrected chi connectivity index (χ3v) is 5.24. The second-order valence-electron chi connectivity index (χ2n) is 7.78. The molecule has 0 fully saturated rings. The van der Waals surface area contributed by atoms with E-state index in [1.54, 1.807) is 12.1 Å². The third kappa shape index (κ3) is 5.81. The summed E-state index contributed by atoms with van der Waals surface area (Å²) in [6.45, 7) is 0.248. The number of rotatable bonds is 9. The highest BCUT2D eigenvalue weighted by Gasteiger charge is 2.38. The number of amides is 4. The van der Waals surface area contributed by atoms with E-state index in [1.165, 1.54) is 42.4 Å². The van der Waals surface area contributed by atoms with Crippen LogP contribution in [0.25, 0.3) is 0 Å². The lowest BCUT2D eigenvalue weighted by Gasteiger charge is -2.25. The summed E-state index contributed by atoms with van der Waals surface area (Å²) in [5.74, 6) is -5.92. The van der Waals surface area contributed by atoms with Crippen LogP contribution in [0.3, 0.4) is 0 Å². The van der Waals surface area contributed by atoms with Gasteiger partial charge in [-0.15, -0.1) is 0 Å². The van der Waals surface area contributed by atoms with Gasteiger partial charge in [-0.2, -0.15) is 0 Å². The summed E-state index contributed by atoms with van der Waals surface area (Å²) in [7, 11) is 0. The van der Waals surface area contributed by atoms with Crippen LogP contribution in [0, 0.1) is 0 Å². The molecule has 0 saturated carbocycles. The van der Waals surface area contributed by atoms with Gasteiger partial charge in [0.05, 0.1) is 36.6 Å². The van der Waals surface area contributed by atoms with Crippen molar-refractivity contribution in [2.24, 2.45) is 0 Å². The van der Waals surface area contributed by atoms with Crippen LogP contribution in [0.4, 0.5) is 11.4 Å². The minimum Gasteiger partial charge on any atom is -0.481 e. The Morgan fingerprint density at radius 2 is 1.83 bits per heavy atom. The van der Waals surface area contributed by atoms with E-state index in [-0.39, 0.29) is 30.0 Å². The number of carbonyl (C=O) groups is 7. The third-order valence-electron chi connectivity index (χ3n) is 5.24. The maximum Gasteiger partial charge on any atom is 0.305 e. The van der Waals surface area contributed by atoms with Gasteiger partial charge in [-0.1, -0.05) is 12.1 Å². The van der Waals surface area contributed by atoms with E-state index < -0.39 is 60.4 Å². The number of aldehydes is 1. The van der Waals surface area contributed by atoms with E-state index in [1.807, 2.05) is 0 Å². The lowest BCUT2D eigenvalue weighted by atomic mass is 10.2. The highest BCUT2D eigenvalue weighted by Crippen LogP contribution is 2.32. The first kappa shape index (κ1) is 25.8. The fourth-order valence-corrected chi connectivity index (χ4v) is 3.62. The number of hydrogen-bond acceptors (Lipinski definition) is 8. The lowest BCUT2D eigenvalue weighted by Crippen LogP contribution is -2.55. The quantitative estimate of drug-likeness (QED) is 0.233. The van der Waals surface area contributed by atoms with E-state index in [2.05, 4.69) is 10.6 Å². The number of fused-ring (bicyclic) bond motifs is 1. The average molecular weight is 498 g/mol.